The van der Waals surface area contributed by atoms with Crippen LogP contribution in [0.5, 0.6) is 0 Å². The fourth-order valence-corrected chi connectivity index (χ4v) is 19.9. The monoisotopic (exact) mass is 1920 g/mol. The van der Waals surface area contributed by atoms with Crippen LogP contribution in [0.3, 0.4) is 0 Å². The Bertz CT molecular complexity index is 7080. The molecule has 11 aromatic heterocycles. The summed E-state index contributed by atoms with van der Waals surface area (Å²) in [5.74, 6) is -1.32. The van der Waals surface area contributed by atoms with Crippen molar-refractivity contribution in [3.63, 3.8) is 0 Å². The van der Waals surface area contributed by atoms with Crippen LogP contribution in [0.4, 0.5) is 61.0 Å². The van der Waals surface area contributed by atoms with E-state index in [1.807, 2.05) is 26.8 Å². The molecule has 2 aliphatic rings. The molecule has 6 amide bonds. The number of aromatic nitrogens is 11. The van der Waals surface area contributed by atoms with E-state index in [4.69, 9.17) is 16.2 Å². The molecule has 1 saturated heterocycles. The van der Waals surface area contributed by atoms with Gasteiger partial charge in [0.1, 0.15) is 68.0 Å². The van der Waals surface area contributed by atoms with Crippen LogP contribution in [0.25, 0.3) is 66.7 Å². The lowest BCUT2D eigenvalue weighted by molar-refractivity contribution is -0.115. The van der Waals surface area contributed by atoms with Crippen molar-refractivity contribution in [1.82, 2.24) is 63.0 Å². The average Bonchev–Trinajstić information content (AvgIpc) is 1.66. The number of nitrogen functional groups attached to an aromatic ring is 2. The normalized spacial score (nSPS) is 12.5. The zero-order valence-corrected chi connectivity index (χ0v) is 78.5. The summed E-state index contributed by atoms with van der Waals surface area (Å²) >= 11 is 0. The highest BCUT2D eigenvalue weighted by molar-refractivity contribution is 7.93. The number of anilines is 9. The third kappa shape index (κ3) is 26.1. The predicted molar refractivity (Wildman–Crippen MR) is 510 cm³/mol. The van der Waals surface area contributed by atoms with Gasteiger partial charge >= 0.3 is 0 Å². The number of ether oxygens (including phenoxy) is 1. The van der Waals surface area contributed by atoms with Gasteiger partial charge in [-0.3, -0.25) is 43.0 Å². The summed E-state index contributed by atoms with van der Waals surface area (Å²) in [7, 11) is -11.6. The van der Waals surface area contributed by atoms with Crippen molar-refractivity contribution in [3.05, 3.63) is 242 Å². The molecular formula is C92H98F2N22O15S4. The number of nitrogens with one attached hydrogen (secondary N) is 5. The van der Waals surface area contributed by atoms with Crippen LogP contribution in [0.15, 0.2) is 228 Å². The lowest BCUT2D eigenvalue weighted by atomic mass is 10.1. The number of aryl methyl sites for hydroxylation is 1. The second-order valence-corrected chi connectivity index (χ2v) is 38.4. The zero-order chi connectivity index (χ0) is 97.8. The number of pyridine rings is 10. The summed E-state index contributed by atoms with van der Waals surface area (Å²) < 4.78 is 140. The number of sulfone groups is 1. The number of hydrogen-bond donors (Lipinski definition) is 7. The van der Waals surface area contributed by atoms with E-state index in [1.165, 1.54) is 78.1 Å². The van der Waals surface area contributed by atoms with Crippen molar-refractivity contribution in [1.29, 1.82) is 0 Å². The number of benzene rings is 2. The molecule has 704 valence electrons. The summed E-state index contributed by atoms with van der Waals surface area (Å²) in [5.41, 5.74) is 21.7. The number of carbonyl (C=O) groups excluding carboxylic acids is 6. The summed E-state index contributed by atoms with van der Waals surface area (Å²) in [6, 6.07) is 37.9. The summed E-state index contributed by atoms with van der Waals surface area (Å²) in [4.78, 5) is 113. The first-order chi connectivity index (χ1) is 64.2. The van der Waals surface area contributed by atoms with Gasteiger partial charge in [-0.05, 0) is 190 Å². The van der Waals surface area contributed by atoms with Crippen LogP contribution >= 0.6 is 0 Å². The molecule has 37 nitrogen and oxygen atoms in total. The molecule has 43 heteroatoms. The van der Waals surface area contributed by atoms with Crippen molar-refractivity contribution in [2.24, 2.45) is 0 Å². The highest BCUT2D eigenvalue weighted by Crippen LogP contribution is 2.38. The van der Waals surface area contributed by atoms with Gasteiger partial charge in [-0.1, -0.05) is 18.2 Å². The predicted octanol–water partition coefficient (Wildman–Crippen LogP) is 12.3. The number of sulfonamides is 2. The molecule has 0 unspecified atom stereocenters. The number of rotatable bonds is 25. The molecule has 1 aliphatic heterocycles. The lowest BCUT2D eigenvalue weighted by Gasteiger charge is -2.26. The highest BCUT2D eigenvalue weighted by atomic mass is 32.2. The fourth-order valence-electron chi connectivity index (χ4n) is 13.7. The molecule has 1 saturated carbocycles. The first-order valence-electron chi connectivity index (χ1n) is 41.9. The van der Waals surface area contributed by atoms with Gasteiger partial charge in [-0.2, -0.15) is 4.31 Å². The van der Waals surface area contributed by atoms with Gasteiger partial charge in [0.15, 0.2) is 9.84 Å². The number of nitrogens with two attached hydrogens (primary N) is 2. The summed E-state index contributed by atoms with van der Waals surface area (Å²) in [6.07, 6.45) is 18.7. The molecule has 12 heterocycles. The molecule has 1 aliphatic carbocycles. The fraction of sp³-hybridized carbons (Fsp3) is 0.239. The van der Waals surface area contributed by atoms with E-state index in [-0.39, 0.29) is 75.2 Å². The Kier molecular flexibility index (Phi) is 33.2. The first kappa shape index (κ1) is 101. The van der Waals surface area contributed by atoms with Gasteiger partial charge in [0.2, 0.25) is 49.6 Å². The van der Waals surface area contributed by atoms with Crippen LogP contribution in [-0.4, -0.2) is 197 Å². The second-order valence-electron chi connectivity index (χ2n) is 30.5. The highest BCUT2D eigenvalue weighted by Gasteiger charge is 2.41. The quantitative estimate of drug-likeness (QED) is 0.0261. The van der Waals surface area contributed by atoms with Gasteiger partial charge in [-0.15, -0.1) is 0 Å². The maximum absolute atomic E-state index is 14.1. The molecule has 0 atom stereocenters. The van der Waals surface area contributed by atoms with E-state index in [1.54, 1.807) is 189 Å². The number of carbonyl (C=O) groups is 6. The number of hydrogen-bond acceptors (Lipinski definition) is 28. The van der Waals surface area contributed by atoms with E-state index in [0.717, 1.165) is 52.8 Å². The Labute approximate surface area is 778 Å². The Morgan fingerprint density at radius 2 is 0.904 bits per heavy atom. The SMILES string of the molecule is CC(=O)Nc1cc(-c2cnc(N(C)C)c(CS(=O)(=O)c3ccc(F)cc3F)c2)ccn1.CC(=O)Nc1cc(-c2cnc(N)c(S(=O)(=O)N3CCOCC3)c2)ccn1.CC(=O)Nc1cc(-c2cnc3ccn(S(=O)(=O)c4ccccc4)c3c2)ccn1.CCN(CC)C(=O)c1cc(-c2ccnc(NC(C)=O)c2)cnc1N.CCN(c1cc(-c2ccnc(NC(C)=O)c2)cnc1C)S(=O)(=O)C1CC1. The van der Waals surface area contributed by atoms with Gasteiger partial charge in [0.05, 0.1) is 57.1 Å². The maximum atomic E-state index is 14.1. The van der Waals surface area contributed by atoms with Crippen molar-refractivity contribution in [2.45, 2.75) is 101 Å². The van der Waals surface area contributed by atoms with Crippen LogP contribution in [0, 0.1) is 18.6 Å². The van der Waals surface area contributed by atoms with Gasteiger partial charge in [0, 0.05) is 189 Å². The molecule has 9 N–H and O–H groups in total. The third-order valence-corrected chi connectivity index (χ3v) is 28.0. The molecule has 15 rings (SSSR count). The number of nitrogens with zero attached hydrogens (tertiary/aromatic N) is 15. The zero-order valence-electron chi connectivity index (χ0n) is 75.2. The molecule has 13 aromatic rings. The molecule has 0 bridgehead atoms. The van der Waals surface area contributed by atoms with E-state index in [0.29, 0.717) is 135 Å². The minimum Gasteiger partial charge on any atom is -0.383 e. The Balaban J connectivity index is 0.000000163. The molecule has 135 heavy (non-hydrogen) atoms. The van der Waals surface area contributed by atoms with Crippen molar-refractivity contribution >= 4 is 139 Å². The molecular weight excluding hydrogens is 1820 g/mol. The largest absolute Gasteiger partial charge is 0.383 e. The minimum absolute atomic E-state index is 0.0465. The molecule has 0 spiro atoms. The first-order valence-corrected chi connectivity index (χ1v) is 47.9. The van der Waals surface area contributed by atoms with Crippen molar-refractivity contribution < 1.29 is 76.0 Å². The topological polar surface area (TPSA) is 507 Å². The van der Waals surface area contributed by atoms with Gasteiger partial charge in [0.25, 0.3) is 15.9 Å². The Morgan fingerprint density at radius 3 is 1.36 bits per heavy atom. The van der Waals surface area contributed by atoms with Crippen LogP contribution in [0.1, 0.15) is 89.8 Å². The number of amides is 6. The summed E-state index contributed by atoms with van der Waals surface area (Å²) in [6.45, 7) is 17.2. The third-order valence-electron chi connectivity index (χ3n) is 20.3. The van der Waals surface area contributed by atoms with Crippen LogP contribution in [-0.2, 0) is 74.4 Å². The second kappa shape index (κ2) is 44.5. The maximum Gasteiger partial charge on any atom is 0.268 e. The number of halogens is 2. The number of morpholine rings is 1. The van der Waals surface area contributed by atoms with Crippen LogP contribution < -0.4 is 47.3 Å². The minimum atomic E-state index is -4.12. The van der Waals surface area contributed by atoms with Crippen LogP contribution in [0.2, 0.25) is 0 Å². The molecule has 0 radical (unpaired) electrons. The standard InChI is InChI=1S/C21H20F2N4O3S.C20H16N4O3S.C18H22N4O3S.C17H21N5O2.C16H19N5O4S/c1-13(28)26-20-9-14(6-7-24-20)15-8-16(21(25-11-15)27(2)3)12-31(29,30)19-5-4-17(22)10-18(19)23;1-14(25)23-20-12-15(7-9-21-20)16-11-19-18(22-13-16)8-10-24(19)28(26,27)17-5-3-2-4-6-17;1-4-22(26(24,25)16-5-6-16)17-9-15(11-20-12(17)2)14-7-8-19-18(10-14)21-13(3)23;1-4-22(5-2)17(24)14-8-13(10-20-16(14)18)12-6-7-19-15(9-12)21-11(3)23;1-11(22)20-15-9-12(2-3-18-15)13-8-14(16(17)19-10-13)26(23,24)21-4-6-25-7-5-21/h4-11H,12H2,1-3H3,(H,24,26,28);2-13H,1H3,(H,21,23,25);7-11,16H,4-6H2,1-3H3,(H,19,21,23);6-10H,4-5H2,1-3H3,(H2,18,20)(H,19,21,23);2-3,8-10H,4-7H2,1H3,(H2,17,19)(H,18,20,22). The molecule has 2 aromatic carbocycles. The Morgan fingerprint density at radius 1 is 0.467 bits per heavy atom. The average molecular weight is 1920 g/mol. The smallest absolute Gasteiger partial charge is 0.268 e. The van der Waals surface area contributed by atoms with E-state index in [2.05, 4.69) is 76.4 Å². The van der Waals surface area contributed by atoms with Crippen molar-refractivity contribution in [3.8, 4) is 55.6 Å². The Hall–Kier alpha value is -14.9. The number of fused-ring (bicyclic) bond motifs is 1. The van der Waals surface area contributed by atoms with Gasteiger partial charge in [-0.25, -0.2) is 86.3 Å². The van der Waals surface area contributed by atoms with Crippen molar-refractivity contribution in [2.75, 3.05) is 107 Å². The van der Waals surface area contributed by atoms with E-state index in [9.17, 15) is 71.2 Å². The lowest BCUT2D eigenvalue weighted by Crippen LogP contribution is -2.40. The van der Waals surface area contributed by atoms with Gasteiger partial charge < -0.3 is 52.6 Å². The van der Waals surface area contributed by atoms with E-state index < -0.39 is 62.2 Å². The molecule has 2 fully saturated rings. The van der Waals surface area contributed by atoms with E-state index >= 15 is 0 Å². The summed E-state index contributed by atoms with van der Waals surface area (Å²) in [5, 5.41) is 12.8.